The van der Waals surface area contributed by atoms with Crippen molar-refractivity contribution in [1.29, 1.82) is 0 Å². The molecule has 3 unspecified atom stereocenters. The Morgan fingerprint density at radius 1 is 1.15 bits per heavy atom. The topological polar surface area (TPSA) is 41.5 Å². The van der Waals surface area contributed by atoms with E-state index in [0.29, 0.717) is 24.5 Å². The van der Waals surface area contributed by atoms with Crippen LogP contribution in [0.2, 0.25) is 0 Å². The van der Waals surface area contributed by atoms with Gasteiger partial charge < -0.3 is 15.2 Å². The molecule has 110 valence electrons. The van der Waals surface area contributed by atoms with E-state index in [9.17, 15) is 5.11 Å². The van der Waals surface area contributed by atoms with Gasteiger partial charge in [0.05, 0.1) is 19.3 Å². The van der Waals surface area contributed by atoms with Crippen LogP contribution in [0.25, 0.3) is 0 Å². The number of fused-ring (bicyclic) bond motifs is 1. The van der Waals surface area contributed by atoms with Crippen LogP contribution >= 0.6 is 0 Å². The summed E-state index contributed by atoms with van der Waals surface area (Å²) >= 11 is 0. The number of hydrogen-bond acceptors (Lipinski definition) is 3. The smallest absolute Gasteiger partial charge is 0.0721 e. The number of aliphatic hydroxyl groups is 1. The molecule has 0 spiro atoms. The van der Waals surface area contributed by atoms with Crippen molar-refractivity contribution >= 4 is 0 Å². The summed E-state index contributed by atoms with van der Waals surface area (Å²) in [5.41, 5.74) is 2.69. The van der Waals surface area contributed by atoms with Gasteiger partial charge in [-0.1, -0.05) is 37.1 Å². The van der Waals surface area contributed by atoms with Gasteiger partial charge in [-0.15, -0.1) is 0 Å². The Bertz CT molecular complexity index is 435. The molecule has 2 aliphatic rings. The Labute approximate surface area is 121 Å². The van der Waals surface area contributed by atoms with Crippen LogP contribution in [0, 0.1) is 11.8 Å². The molecule has 1 aromatic rings. The van der Waals surface area contributed by atoms with E-state index >= 15 is 0 Å². The van der Waals surface area contributed by atoms with E-state index in [2.05, 4.69) is 29.6 Å². The van der Waals surface area contributed by atoms with E-state index in [1.165, 1.54) is 36.8 Å². The molecule has 3 rings (SSSR count). The molecule has 0 aromatic heterocycles. The lowest BCUT2D eigenvalue weighted by Gasteiger charge is -2.33. The largest absolute Gasteiger partial charge is 0.396 e. The van der Waals surface area contributed by atoms with Gasteiger partial charge >= 0.3 is 0 Å². The van der Waals surface area contributed by atoms with Crippen molar-refractivity contribution in [1.82, 2.24) is 5.32 Å². The lowest BCUT2D eigenvalue weighted by atomic mass is 9.79. The number of hydrogen-bond donors (Lipinski definition) is 2. The minimum absolute atomic E-state index is 0.307. The molecule has 1 fully saturated rings. The first-order valence-electron chi connectivity index (χ1n) is 7.88. The third kappa shape index (κ3) is 3.05. The van der Waals surface area contributed by atoms with Gasteiger partial charge in [-0.2, -0.15) is 0 Å². The maximum Gasteiger partial charge on any atom is 0.0721 e. The second kappa shape index (κ2) is 6.70. The molecule has 0 saturated heterocycles. The Balaban J connectivity index is 1.61. The second-order valence-electron chi connectivity index (χ2n) is 6.16. The molecule has 1 aromatic carbocycles. The van der Waals surface area contributed by atoms with Crippen molar-refractivity contribution in [3.63, 3.8) is 0 Å². The Morgan fingerprint density at radius 3 is 2.80 bits per heavy atom. The molecular formula is C17H25NO2. The van der Waals surface area contributed by atoms with E-state index in [1.54, 1.807) is 0 Å². The van der Waals surface area contributed by atoms with Crippen LogP contribution in [0.4, 0.5) is 0 Å². The summed E-state index contributed by atoms with van der Waals surface area (Å²) in [5.74, 6) is 1.10. The normalized spacial score (nSPS) is 29.9. The van der Waals surface area contributed by atoms with Gasteiger partial charge in [0.1, 0.15) is 0 Å². The fourth-order valence-corrected chi connectivity index (χ4v) is 3.64. The fourth-order valence-electron chi connectivity index (χ4n) is 3.64. The molecule has 1 aliphatic heterocycles. The van der Waals surface area contributed by atoms with Gasteiger partial charge in [-0.3, -0.25) is 0 Å². The quantitative estimate of drug-likeness (QED) is 0.887. The molecular weight excluding hydrogens is 250 g/mol. The maximum atomic E-state index is 9.50. The summed E-state index contributed by atoms with van der Waals surface area (Å²) < 4.78 is 5.69. The molecule has 1 heterocycles. The van der Waals surface area contributed by atoms with Gasteiger partial charge in [-0.05, 0) is 42.3 Å². The first-order chi connectivity index (χ1) is 9.88. The Kier molecular flexibility index (Phi) is 4.71. The molecule has 2 N–H and O–H groups in total. The molecule has 20 heavy (non-hydrogen) atoms. The number of nitrogens with one attached hydrogen (secondary N) is 1. The standard InChI is InChI=1S/C17H25NO2/c19-10-14-6-2-1-5-13(14)9-18-17-12-20-11-15-7-3-4-8-16(15)17/h3-4,7-8,13-14,17-19H,1-2,5-6,9-12H2. The molecule has 3 nitrogen and oxygen atoms in total. The van der Waals surface area contributed by atoms with Crippen LogP contribution in [0.15, 0.2) is 24.3 Å². The molecule has 3 atom stereocenters. The van der Waals surface area contributed by atoms with E-state index in [-0.39, 0.29) is 0 Å². The lowest BCUT2D eigenvalue weighted by Crippen LogP contribution is -2.37. The number of ether oxygens (including phenoxy) is 1. The van der Waals surface area contributed by atoms with Crippen LogP contribution in [-0.2, 0) is 11.3 Å². The highest BCUT2D eigenvalue weighted by molar-refractivity contribution is 5.31. The predicted molar refractivity (Wildman–Crippen MR) is 79.4 cm³/mol. The van der Waals surface area contributed by atoms with Crippen LogP contribution in [-0.4, -0.2) is 24.9 Å². The molecule has 1 saturated carbocycles. The number of benzene rings is 1. The third-order valence-corrected chi connectivity index (χ3v) is 4.90. The minimum Gasteiger partial charge on any atom is -0.396 e. The van der Waals surface area contributed by atoms with Crippen LogP contribution in [0.5, 0.6) is 0 Å². The van der Waals surface area contributed by atoms with Gasteiger partial charge in [-0.25, -0.2) is 0 Å². The van der Waals surface area contributed by atoms with E-state index in [1.807, 2.05) is 0 Å². The summed E-state index contributed by atoms with van der Waals surface area (Å²) in [7, 11) is 0. The highest BCUT2D eigenvalue weighted by atomic mass is 16.5. The number of rotatable bonds is 4. The van der Waals surface area contributed by atoms with E-state index < -0.39 is 0 Å². The van der Waals surface area contributed by atoms with E-state index in [4.69, 9.17) is 4.74 Å². The van der Waals surface area contributed by atoms with Crippen molar-refractivity contribution in [3.05, 3.63) is 35.4 Å². The lowest BCUT2D eigenvalue weighted by molar-refractivity contribution is 0.0749. The zero-order valence-corrected chi connectivity index (χ0v) is 12.1. The SMILES string of the molecule is OCC1CCCCC1CNC1COCc2ccccc21. The van der Waals surface area contributed by atoms with E-state index in [0.717, 1.165) is 19.8 Å². The zero-order valence-electron chi connectivity index (χ0n) is 12.1. The Hall–Kier alpha value is -0.900. The summed E-state index contributed by atoms with van der Waals surface area (Å²) in [6.45, 7) is 2.82. The molecule has 0 radical (unpaired) electrons. The first kappa shape index (κ1) is 14.1. The molecule has 0 amide bonds. The summed E-state index contributed by atoms with van der Waals surface area (Å²) in [4.78, 5) is 0. The number of aliphatic hydroxyl groups excluding tert-OH is 1. The zero-order chi connectivity index (χ0) is 13.8. The van der Waals surface area contributed by atoms with Crippen LogP contribution < -0.4 is 5.32 Å². The highest BCUT2D eigenvalue weighted by Gasteiger charge is 2.26. The summed E-state index contributed by atoms with van der Waals surface area (Å²) in [6, 6.07) is 8.85. The maximum absolute atomic E-state index is 9.50. The van der Waals surface area contributed by atoms with Crippen LogP contribution in [0.3, 0.4) is 0 Å². The third-order valence-electron chi connectivity index (χ3n) is 4.90. The molecule has 3 heteroatoms. The van der Waals surface area contributed by atoms with Gasteiger partial charge in [0.25, 0.3) is 0 Å². The summed E-state index contributed by atoms with van der Waals surface area (Å²) in [6.07, 6.45) is 5.01. The van der Waals surface area contributed by atoms with Crippen molar-refractivity contribution in [2.24, 2.45) is 11.8 Å². The predicted octanol–water partition coefficient (Wildman–Crippen LogP) is 2.65. The highest BCUT2D eigenvalue weighted by Crippen LogP contribution is 2.30. The van der Waals surface area contributed by atoms with Gasteiger partial charge in [0.15, 0.2) is 0 Å². The van der Waals surface area contributed by atoms with Crippen molar-refractivity contribution in [2.45, 2.75) is 38.3 Å². The van der Waals surface area contributed by atoms with Crippen molar-refractivity contribution < 1.29 is 9.84 Å². The molecule has 1 aliphatic carbocycles. The molecule has 0 bridgehead atoms. The first-order valence-corrected chi connectivity index (χ1v) is 7.88. The van der Waals surface area contributed by atoms with Gasteiger partial charge in [0.2, 0.25) is 0 Å². The van der Waals surface area contributed by atoms with Crippen molar-refractivity contribution in [2.75, 3.05) is 19.8 Å². The fraction of sp³-hybridized carbons (Fsp3) is 0.647. The van der Waals surface area contributed by atoms with Crippen LogP contribution in [0.1, 0.15) is 42.9 Å². The average Bonchev–Trinajstić information content (AvgIpc) is 2.53. The van der Waals surface area contributed by atoms with Gasteiger partial charge in [0, 0.05) is 6.61 Å². The average molecular weight is 275 g/mol. The minimum atomic E-state index is 0.307. The summed E-state index contributed by atoms with van der Waals surface area (Å²) in [5, 5.41) is 13.2. The van der Waals surface area contributed by atoms with Crippen molar-refractivity contribution in [3.8, 4) is 0 Å². The Morgan fingerprint density at radius 2 is 1.95 bits per heavy atom. The monoisotopic (exact) mass is 275 g/mol. The second-order valence-corrected chi connectivity index (χ2v) is 6.16.